The SMILES string of the molecule is CCOC(=O)C(OC(C)=O)(C(=O)OCC)C(CC(=O)c1cccc([N+](=O)[O-])c1)c1ccccc1. The van der Waals surface area contributed by atoms with Gasteiger partial charge in [-0.3, -0.25) is 19.7 Å². The van der Waals surface area contributed by atoms with Gasteiger partial charge >= 0.3 is 23.5 Å². The molecule has 180 valence electrons. The lowest BCUT2D eigenvalue weighted by Crippen LogP contribution is -2.56. The lowest BCUT2D eigenvalue weighted by Gasteiger charge is -2.35. The van der Waals surface area contributed by atoms with Gasteiger partial charge in [-0.25, -0.2) is 9.59 Å². The number of benzene rings is 2. The number of nitrogens with zero attached hydrogens (tertiary/aromatic N) is 1. The maximum Gasteiger partial charge on any atom is 0.363 e. The Bertz CT molecular complexity index is 1050. The van der Waals surface area contributed by atoms with Crippen LogP contribution in [0.3, 0.4) is 0 Å². The molecule has 0 fully saturated rings. The standard InChI is InChI=1S/C24H25NO9/c1-4-32-22(28)24(34-16(3)26,23(29)33-5-2)20(17-10-7-6-8-11-17)15-21(27)18-12-9-13-19(14-18)25(30)31/h6-14,20H,4-5,15H2,1-3H3. The topological polar surface area (TPSA) is 139 Å². The number of hydrogen-bond donors (Lipinski definition) is 0. The van der Waals surface area contributed by atoms with Crippen molar-refractivity contribution in [2.24, 2.45) is 0 Å². The molecule has 0 spiro atoms. The molecule has 2 aromatic rings. The Morgan fingerprint density at radius 1 is 0.941 bits per heavy atom. The Kier molecular flexibility index (Phi) is 9.00. The summed E-state index contributed by atoms with van der Waals surface area (Å²) in [6.45, 7) is 3.75. The highest BCUT2D eigenvalue weighted by Crippen LogP contribution is 2.38. The summed E-state index contributed by atoms with van der Waals surface area (Å²) in [6.07, 6.45) is -0.518. The minimum absolute atomic E-state index is 0.0143. The summed E-state index contributed by atoms with van der Waals surface area (Å²) in [7, 11) is 0. The van der Waals surface area contributed by atoms with Crippen molar-refractivity contribution in [2.75, 3.05) is 13.2 Å². The van der Waals surface area contributed by atoms with E-state index >= 15 is 0 Å². The Balaban J connectivity index is 2.70. The fraction of sp³-hybridized carbons (Fsp3) is 0.333. The van der Waals surface area contributed by atoms with E-state index in [0.29, 0.717) is 5.56 Å². The molecule has 0 heterocycles. The summed E-state index contributed by atoms with van der Waals surface area (Å²) in [4.78, 5) is 62.2. The van der Waals surface area contributed by atoms with Crippen LogP contribution >= 0.6 is 0 Å². The summed E-state index contributed by atoms with van der Waals surface area (Å²) in [5, 5.41) is 11.1. The molecule has 0 N–H and O–H groups in total. The number of non-ortho nitro benzene ring substituents is 1. The first kappa shape index (κ1) is 26.2. The van der Waals surface area contributed by atoms with Crippen LogP contribution in [0, 0.1) is 10.1 Å². The number of ether oxygens (including phenoxy) is 3. The number of nitro groups is 1. The first-order chi connectivity index (χ1) is 16.2. The number of carbonyl (C=O) groups excluding carboxylic acids is 4. The van der Waals surface area contributed by atoms with E-state index in [0.717, 1.165) is 13.0 Å². The summed E-state index contributed by atoms with van der Waals surface area (Å²) in [6, 6.07) is 13.1. The van der Waals surface area contributed by atoms with Gasteiger partial charge in [-0.2, -0.15) is 0 Å². The fourth-order valence-electron chi connectivity index (χ4n) is 3.50. The molecule has 0 amide bonds. The summed E-state index contributed by atoms with van der Waals surface area (Å²) in [5.74, 6) is -5.32. The summed E-state index contributed by atoms with van der Waals surface area (Å²) < 4.78 is 15.5. The van der Waals surface area contributed by atoms with Crippen LogP contribution in [0.25, 0.3) is 0 Å². The zero-order chi connectivity index (χ0) is 25.3. The van der Waals surface area contributed by atoms with E-state index in [2.05, 4.69) is 0 Å². The number of carbonyl (C=O) groups is 4. The molecule has 0 aromatic heterocycles. The second kappa shape index (κ2) is 11.7. The van der Waals surface area contributed by atoms with Gasteiger partial charge < -0.3 is 14.2 Å². The van der Waals surface area contributed by atoms with Crippen LogP contribution in [0.2, 0.25) is 0 Å². The third-order valence-corrected chi connectivity index (χ3v) is 4.92. The Hall–Kier alpha value is -4.08. The Morgan fingerprint density at radius 3 is 2.03 bits per heavy atom. The number of ketones is 1. The number of nitro benzene ring substituents is 1. The quantitative estimate of drug-likeness (QED) is 0.120. The number of hydrogen-bond acceptors (Lipinski definition) is 9. The van der Waals surface area contributed by atoms with Crippen molar-refractivity contribution in [3.8, 4) is 0 Å². The number of rotatable bonds is 11. The first-order valence-electron chi connectivity index (χ1n) is 10.5. The molecule has 0 bridgehead atoms. The van der Waals surface area contributed by atoms with Crippen molar-refractivity contribution in [1.29, 1.82) is 0 Å². The molecule has 34 heavy (non-hydrogen) atoms. The van der Waals surface area contributed by atoms with Crippen LogP contribution in [-0.2, 0) is 28.6 Å². The minimum atomic E-state index is -2.62. The maximum atomic E-state index is 13.2. The van der Waals surface area contributed by atoms with Gasteiger partial charge in [0.05, 0.1) is 24.1 Å². The molecule has 0 radical (unpaired) electrons. The molecule has 0 aliphatic heterocycles. The van der Waals surface area contributed by atoms with Gasteiger partial charge in [-0.05, 0) is 19.4 Å². The van der Waals surface area contributed by atoms with Gasteiger partial charge in [0.15, 0.2) is 5.78 Å². The predicted molar refractivity (Wildman–Crippen MR) is 119 cm³/mol. The van der Waals surface area contributed by atoms with Gasteiger partial charge in [0.25, 0.3) is 5.69 Å². The average Bonchev–Trinajstić information content (AvgIpc) is 2.81. The van der Waals surface area contributed by atoms with Crippen LogP contribution in [0.15, 0.2) is 54.6 Å². The highest BCUT2D eigenvalue weighted by atomic mass is 16.6. The average molecular weight is 471 g/mol. The van der Waals surface area contributed by atoms with Gasteiger partial charge in [0.1, 0.15) is 0 Å². The molecule has 0 saturated carbocycles. The van der Waals surface area contributed by atoms with Crippen LogP contribution in [-0.4, -0.2) is 47.4 Å². The number of esters is 3. The molecule has 0 saturated heterocycles. The van der Waals surface area contributed by atoms with Crippen LogP contribution in [0.1, 0.15) is 49.0 Å². The highest BCUT2D eigenvalue weighted by molar-refractivity contribution is 6.08. The highest BCUT2D eigenvalue weighted by Gasteiger charge is 2.59. The van der Waals surface area contributed by atoms with Crippen LogP contribution in [0.5, 0.6) is 0 Å². The van der Waals surface area contributed by atoms with E-state index in [-0.39, 0.29) is 24.5 Å². The monoisotopic (exact) mass is 471 g/mol. The molecular formula is C24H25NO9. The van der Waals surface area contributed by atoms with E-state index in [9.17, 15) is 29.3 Å². The zero-order valence-electron chi connectivity index (χ0n) is 19.0. The molecule has 1 unspecified atom stereocenters. The molecule has 10 heteroatoms. The van der Waals surface area contributed by atoms with Crippen molar-refractivity contribution in [3.05, 3.63) is 75.8 Å². The minimum Gasteiger partial charge on any atom is -0.463 e. The van der Waals surface area contributed by atoms with E-state index in [1.54, 1.807) is 30.3 Å². The molecule has 0 aliphatic carbocycles. The molecule has 2 rings (SSSR count). The molecular weight excluding hydrogens is 446 g/mol. The molecule has 2 aromatic carbocycles. The van der Waals surface area contributed by atoms with E-state index in [1.165, 1.54) is 32.0 Å². The van der Waals surface area contributed by atoms with Crippen molar-refractivity contribution in [3.63, 3.8) is 0 Å². The second-order valence-corrected chi connectivity index (χ2v) is 7.17. The van der Waals surface area contributed by atoms with Gasteiger partial charge in [0, 0.05) is 31.0 Å². The summed E-state index contributed by atoms with van der Waals surface area (Å²) in [5.41, 5.74) is -2.61. The van der Waals surface area contributed by atoms with Crippen molar-refractivity contribution in [2.45, 2.75) is 38.7 Å². The normalized spacial score (nSPS) is 11.7. The van der Waals surface area contributed by atoms with E-state index < -0.39 is 46.6 Å². The Morgan fingerprint density at radius 2 is 1.53 bits per heavy atom. The fourth-order valence-corrected chi connectivity index (χ4v) is 3.50. The van der Waals surface area contributed by atoms with E-state index in [4.69, 9.17) is 14.2 Å². The van der Waals surface area contributed by atoms with Crippen LogP contribution < -0.4 is 0 Å². The predicted octanol–water partition coefficient (Wildman–Crippen LogP) is 3.38. The molecule has 10 nitrogen and oxygen atoms in total. The Labute approximate surface area is 196 Å². The largest absolute Gasteiger partial charge is 0.463 e. The van der Waals surface area contributed by atoms with Crippen LogP contribution in [0.4, 0.5) is 5.69 Å². The summed E-state index contributed by atoms with van der Waals surface area (Å²) >= 11 is 0. The van der Waals surface area contributed by atoms with Gasteiger partial charge in [-0.15, -0.1) is 0 Å². The van der Waals surface area contributed by atoms with Crippen molar-refractivity contribution < 1.29 is 38.3 Å². The lowest BCUT2D eigenvalue weighted by atomic mass is 9.77. The zero-order valence-corrected chi connectivity index (χ0v) is 19.0. The van der Waals surface area contributed by atoms with Crippen molar-refractivity contribution >= 4 is 29.4 Å². The van der Waals surface area contributed by atoms with Crippen molar-refractivity contribution in [1.82, 2.24) is 0 Å². The first-order valence-corrected chi connectivity index (χ1v) is 10.5. The van der Waals surface area contributed by atoms with Gasteiger partial charge in [-0.1, -0.05) is 42.5 Å². The number of Topliss-reactive ketones (excluding diaryl/α,β-unsaturated/α-hetero) is 1. The molecule has 0 aliphatic rings. The lowest BCUT2D eigenvalue weighted by molar-refractivity contribution is -0.384. The maximum absolute atomic E-state index is 13.2. The van der Waals surface area contributed by atoms with Gasteiger partial charge in [0.2, 0.25) is 0 Å². The smallest absolute Gasteiger partial charge is 0.363 e. The molecule has 1 atom stereocenters. The second-order valence-electron chi connectivity index (χ2n) is 7.17. The van der Waals surface area contributed by atoms with E-state index in [1.807, 2.05) is 0 Å². The third kappa shape index (κ3) is 5.83. The third-order valence-electron chi connectivity index (χ3n) is 4.92.